The molecule has 0 radical (unpaired) electrons. The zero-order valence-electron chi connectivity index (χ0n) is 43.4. The third-order valence-corrected chi connectivity index (χ3v) is 12.3. The number of aromatic nitrogens is 3. The number of pyridine rings is 3. The number of halogens is 5. The fourth-order valence-electron chi connectivity index (χ4n) is 7.73. The quantitative estimate of drug-likeness (QED) is 0.109. The van der Waals surface area contributed by atoms with E-state index in [1.807, 2.05) is 148 Å². The second-order valence-electron chi connectivity index (χ2n) is 18.0. The molecule has 0 aliphatic heterocycles. The SMILES string of the molecule is Cc1cccc(C(=O)Nc2cccc(N(C)c3cncc(C(F)(F)F)c3)c2)c1.Cc1cccc(C(=O)Nc2cccc(N(C)c3cncc(Cl)c3)c2)c1.Cc1cccc(C(=O)Nc2cccc(N(C)c3cncc(Cl)c3)c2)c1. The molecule has 396 valence electrons. The highest BCUT2D eigenvalue weighted by Crippen LogP contribution is 2.34. The van der Waals surface area contributed by atoms with Crippen molar-refractivity contribution in [2.45, 2.75) is 26.9 Å². The van der Waals surface area contributed by atoms with Crippen molar-refractivity contribution >= 4 is 92.1 Å². The first kappa shape index (κ1) is 56.7. The number of alkyl halides is 3. The molecule has 0 aliphatic rings. The van der Waals surface area contributed by atoms with Gasteiger partial charge in [-0.3, -0.25) is 29.3 Å². The second-order valence-corrected chi connectivity index (χ2v) is 18.8. The molecule has 9 rings (SSSR count). The van der Waals surface area contributed by atoms with Crippen molar-refractivity contribution < 1.29 is 27.6 Å². The van der Waals surface area contributed by atoms with Crippen LogP contribution in [0.1, 0.15) is 53.3 Å². The first-order valence-corrected chi connectivity index (χ1v) is 24.9. The molecule has 3 N–H and O–H groups in total. The summed E-state index contributed by atoms with van der Waals surface area (Å²) in [4.78, 5) is 54.6. The van der Waals surface area contributed by atoms with Crippen molar-refractivity contribution in [3.05, 3.63) is 250 Å². The number of carbonyl (C=O) groups is 3. The molecule has 3 heterocycles. The Bertz CT molecular complexity index is 3410. The first-order valence-electron chi connectivity index (χ1n) is 24.2. The molecule has 0 spiro atoms. The van der Waals surface area contributed by atoms with Gasteiger partial charge in [-0.2, -0.15) is 13.2 Å². The predicted octanol–water partition coefficient (Wildman–Crippen LogP) is 15.6. The molecule has 3 amide bonds. The van der Waals surface area contributed by atoms with Gasteiger partial charge in [-0.05, 0) is 130 Å². The van der Waals surface area contributed by atoms with Crippen molar-refractivity contribution in [2.75, 3.05) is 51.8 Å². The fraction of sp³-hybridized carbons (Fsp3) is 0.115. The fourth-order valence-corrected chi connectivity index (χ4v) is 8.06. The zero-order valence-corrected chi connectivity index (χ0v) is 44.9. The van der Waals surface area contributed by atoms with Gasteiger partial charge in [0.2, 0.25) is 0 Å². The van der Waals surface area contributed by atoms with E-state index in [9.17, 15) is 27.6 Å². The average molecular weight is 1090 g/mol. The monoisotopic (exact) mass is 1090 g/mol. The van der Waals surface area contributed by atoms with Crippen LogP contribution in [0.5, 0.6) is 0 Å². The highest BCUT2D eigenvalue weighted by molar-refractivity contribution is 6.31. The van der Waals surface area contributed by atoms with Crippen molar-refractivity contribution in [3.8, 4) is 0 Å². The van der Waals surface area contributed by atoms with Crippen LogP contribution in [-0.2, 0) is 6.18 Å². The normalized spacial score (nSPS) is 10.7. The van der Waals surface area contributed by atoms with Crippen molar-refractivity contribution in [1.82, 2.24) is 15.0 Å². The molecule has 3 aromatic heterocycles. The number of aryl methyl sites for hydroxylation is 3. The van der Waals surface area contributed by atoms with E-state index < -0.39 is 11.7 Å². The van der Waals surface area contributed by atoms with Crippen LogP contribution in [0, 0.1) is 20.8 Å². The third kappa shape index (κ3) is 16.0. The number of nitrogens with zero attached hydrogens (tertiary/aromatic N) is 6. The zero-order chi connectivity index (χ0) is 55.9. The molecule has 0 bridgehead atoms. The van der Waals surface area contributed by atoms with Gasteiger partial charge in [-0.1, -0.05) is 94.5 Å². The molecule has 78 heavy (non-hydrogen) atoms. The summed E-state index contributed by atoms with van der Waals surface area (Å²) in [6.45, 7) is 5.83. The second kappa shape index (κ2) is 26.1. The molecule has 0 unspecified atom stereocenters. The van der Waals surface area contributed by atoms with Crippen LogP contribution < -0.4 is 30.7 Å². The largest absolute Gasteiger partial charge is 0.417 e. The molecular weight excluding hydrogens is 1030 g/mol. The van der Waals surface area contributed by atoms with Gasteiger partial charge in [0.15, 0.2) is 0 Å². The number of carbonyl (C=O) groups excluding carboxylic acids is 3. The Kier molecular flexibility index (Phi) is 19.0. The van der Waals surface area contributed by atoms with Gasteiger partial charge < -0.3 is 30.7 Å². The minimum Gasteiger partial charge on any atom is -0.343 e. The number of anilines is 9. The maximum absolute atomic E-state index is 12.9. The Hall–Kier alpha value is -9.05. The van der Waals surface area contributed by atoms with Crippen LogP contribution in [0.15, 0.2) is 201 Å². The van der Waals surface area contributed by atoms with Crippen LogP contribution in [-0.4, -0.2) is 53.8 Å². The lowest BCUT2D eigenvalue weighted by atomic mass is 10.1. The van der Waals surface area contributed by atoms with Gasteiger partial charge in [0.05, 0.1) is 51.3 Å². The summed E-state index contributed by atoms with van der Waals surface area (Å²) in [6.07, 6.45) is 4.35. The third-order valence-electron chi connectivity index (χ3n) is 11.9. The molecule has 0 fully saturated rings. The highest BCUT2D eigenvalue weighted by Gasteiger charge is 2.31. The standard InChI is InChI=1S/C21H18F3N3O.2C20H18ClN3O/c1-14-5-3-6-15(9-14)20(28)26-17-7-4-8-18(11-17)27(2)19-10-16(12-25-13-19)21(22,23)24;2*1-14-5-3-6-15(9-14)20(25)23-17-7-4-8-18(11-17)24(2)19-10-16(21)12-22-13-19/h3-13H,1-2H3,(H,26,28);2*3-13H,1-2H3,(H,23,25). The number of benzene rings is 6. The highest BCUT2D eigenvalue weighted by atomic mass is 35.5. The van der Waals surface area contributed by atoms with E-state index in [0.29, 0.717) is 38.1 Å². The van der Waals surface area contributed by atoms with Gasteiger partial charge >= 0.3 is 6.18 Å². The van der Waals surface area contributed by atoms with Crippen LogP contribution in [0.4, 0.5) is 64.4 Å². The van der Waals surface area contributed by atoms with E-state index in [4.69, 9.17) is 23.2 Å². The number of hydrogen-bond acceptors (Lipinski definition) is 9. The molecule has 12 nitrogen and oxygen atoms in total. The Labute approximate surface area is 461 Å². The molecular formula is C61H54Cl2F3N9O3. The Morgan fingerprint density at radius 3 is 1.01 bits per heavy atom. The van der Waals surface area contributed by atoms with E-state index in [2.05, 4.69) is 30.9 Å². The summed E-state index contributed by atoms with van der Waals surface area (Å²) in [5.41, 5.74) is 10.5. The molecule has 0 aliphatic carbocycles. The predicted molar refractivity (Wildman–Crippen MR) is 309 cm³/mol. The Morgan fingerprint density at radius 1 is 0.397 bits per heavy atom. The molecule has 0 saturated heterocycles. The number of hydrogen-bond donors (Lipinski definition) is 3. The topological polar surface area (TPSA) is 136 Å². The van der Waals surface area contributed by atoms with Crippen molar-refractivity contribution in [3.63, 3.8) is 0 Å². The average Bonchev–Trinajstić information content (AvgIpc) is 3.43. The summed E-state index contributed by atoms with van der Waals surface area (Å²) in [5.74, 6) is -0.523. The summed E-state index contributed by atoms with van der Waals surface area (Å²) < 4.78 is 38.8. The van der Waals surface area contributed by atoms with Crippen LogP contribution in [0.3, 0.4) is 0 Å². The van der Waals surface area contributed by atoms with Crippen LogP contribution in [0.2, 0.25) is 10.0 Å². The van der Waals surface area contributed by atoms with Gasteiger partial charge in [-0.25, -0.2) is 0 Å². The van der Waals surface area contributed by atoms with Gasteiger partial charge in [-0.15, -0.1) is 0 Å². The van der Waals surface area contributed by atoms with E-state index >= 15 is 0 Å². The van der Waals surface area contributed by atoms with Gasteiger partial charge in [0.25, 0.3) is 17.7 Å². The molecule has 0 atom stereocenters. The minimum atomic E-state index is -4.46. The van der Waals surface area contributed by atoms with E-state index in [0.717, 1.165) is 63.1 Å². The lowest BCUT2D eigenvalue weighted by Gasteiger charge is -2.21. The number of nitrogens with one attached hydrogen (secondary N) is 3. The Morgan fingerprint density at radius 2 is 0.705 bits per heavy atom. The van der Waals surface area contributed by atoms with Crippen molar-refractivity contribution in [2.24, 2.45) is 0 Å². The number of amides is 3. The van der Waals surface area contributed by atoms with E-state index in [1.165, 1.54) is 6.20 Å². The van der Waals surface area contributed by atoms with Crippen LogP contribution in [0.25, 0.3) is 0 Å². The molecule has 0 saturated carbocycles. The first-order chi connectivity index (χ1) is 37.3. The van der Waals surface area contributed by atoms with E-state index in [1.54, 1.807) is 91.3 Å². The maximum atomic E-state index is 12.9. The lowest BCUT2D eigenvalue weighted by molar-refractivity contribution is -0.137. The maximum Gasteiger partial charge on any atom is 0.417 e. The Balaban J connectivity index is 0.000000170. The smallest absolute Gasteiger partial charge is 0.343 e. The number of rotatable bonds is 12. The van der Waals surface area contributed by atoms with Gasteiger partial charge in [0, 0.05) is 90.5 Å². The summed E-state index contributed by atoms with van der Waals surface area (Å²) in [5, 5.41) is 9.83. The van der Waals surface area contributed by atoms with Crippen LogP contribution >= 0.6 is 23.2 Å². The molecule has 9 aromatic rings. The van der Waals surface area contributed by atoms with E-state index in [-0.39, 0.29) is 23.4 Å². The summed E-state index contributed by atoms with van der Waals surface area (Å²) in [6, 6.07) is 49.0. The van der Waals surface area contributed by atoms with Crippen molar-refractivity contribution in [1.29, 1.82) is 0 Å². The minimum absolute atomic E-state index is 0.132. The molecule has 6 aromatic carbocycles. The summed E-state index contributed by atoms with van der Waals surface area (Å²) >= 11 is 12.0. The molecule has 17 heteroatoms. The lowest BCUT2D eigenvalue weighted by Crippen LogP contribution is -2.14. The van der Waals surface area contributed by atoms with Gasteiger partial charge in [0.1, 0.15) is 0 Å². The summed E-state index contributed by atoms with van der Waals surface area (Å²) in [7, 11) is 5.49.